The van der Waals surface area contributed by atoms with Gasteiger partial charge in [0, 0.05) is 49.2 Å². The normalized spacial score (nSPS) is 18.5. The molecule has 0 aliphatic carbocycles. The van der Waals surface area contributed by atoms with E-state index >= 15 is 0 Å². The van der Waals surface area contributed by atoms with Crippen molar-refractivity contribution in [2.24, 2.45) is 0 Å². The summed E-state index contributed by atoms with van der Waals surface area (Å²) in [6.07, 6.45) is 10.8. The maximum Gasteiger partial charge on any atom is 0.260 e. The number of benzene rings is 1. The summed E-state index contributed by atoms with van der Waals surface area (Å²) in [5.74, 6) is 0.0710. The second-order valence-electron chi connectivity index (χ2n) is 9.21. The molecule has 6 nitrogen and oxygen atoms in total. The Labute approximate surface area is 204 Å². The van der Waals surface area contributed by atoms with Crippen LogP contribution in [0.4, 0.5) is 5.69 Å². The summed E-state index contributed by atoms with van der Waals surface area (Å²) < 4.78 is 2.38. The Hall–Kier alpha value is -2.67. The summed E-state index contributed by atoms with van der Waals surface area (Å²) in [5.41, 5.74) is 6.51. The molecule has 1 amide bonds. The van der Waals surface area contributed by atoms with E-state index in [2.05, 4.69) is 78.0 Å². The molecule has 1 aromatic carbocycles. The minimum Gasteiger partial charge on any atom is -0.334 e. The van der Waals surface area contributed by atoms with Crippen LogP contribution < -0.4 is 10.2 Å². The fourth-order valence-corrected chi connectivity index (χ4v) is 4.88. The highest BCUT2D eigenvalue weighted by Crippen LogP contribution is 2.38. The lowest BCUT2D eigenvalue weighted by Gasteiger charge is -2.32. The summed E-state index contributed by atoms with van der Waals surface area (Å²) in [4.78, 5) is 20.2. The number of nitrogens with one attached hydrogen (secondary N) is 1. The molecule has 0 atom stereocenters. The van der Waals surface area contributed by atoms with Crippen LogP contribution in [0.3, 0.4) is 0 Å². The molecule has 1 N–H and O–H groups in total. The van der Waals surface area contributed by atoms with Crippen LogP contribution in [0.1, 0.15) is 49.6 Å². The molecule has 2 aromatic rings. The summed E-state index contributed by atoms with van der Waals surface area (Å²) in [6.45, 7) is 13.0. The third-order valence-corrected chi connectivity index (χ3v) is 6.86. The minimum atomic E-state index is 0.0710. The lowest BCUT2D eigenvalue weighted by molar-refractivity contribution is -0.113. The Morgan fingerprint density at radius 2 is 1.82 bits per heavy atom. The molecule has 34 heavy (non-hydrogen) atoms. The van der Waals surface area contributed by atoms with Gasteiger partial charge in [-0.2, -0.15) is 0 Å². The van der Waals surface area contributed by atoms with Crippen molar-refractivity contribution in [3.8, 4) is 0 Å². The smallest absolute Gasteiger partial charge is 0.260 e. The average Bonchev–Trinajstić information content (AvgIpc) is 3.31. The highest BCUT2D eigenvalue weighted by atomic mass is 16.2. The number of rotatable bonds is 9. The fraction of sp³-hybridized carbons (Fsp3) is 0.464. The van der Waals surface area contributed by atoms with E-state index in [4.69, 9.17) is 0 Å². The number of hydrogen-bond donors (Lipinski definition) is 1. The highest BCUT2D eigenvalue weighted by molar-refractivity contribution is 6.35. The van der Waals surface area contributed by atoms with E-state index < -0.39 is 0 Å². The molecular weight excluding hydrogens is 422 g/mol. The highest BCUT2D eigenvalue weighted by Gasteiger charge is 2.32. The van der Waals surface area contributed by atoms with Gasteiger partial charge in [-0.1, -0.05) is 45.0 Å². The molecule has 1 saturated heterocycles. The number of aromatic nitrogens is 1. The van der Waals surface area contributed by atoms with Crippen LogP contribution in [-0.2, 0) is 17.9 Å². The van der Waals surface area contributed by atoms with Gasteiger partial charge in [0.25, 0.3) is 5.91 Å². The molecule has 6 heteroatoms. The number of likely N-dealkylation sites (N-methyl/N-ethyl adjacent to an activating group) is 1. The van der Waals surface area contributed by atoms with Crippen LogP contribution in [0.5, 0.6) is 0 Å². The van der Waals surface area contributed by atoms with E-state index in [1.807, 2.05) is 23.1 Å². The number of amides is 1. The fourth-order valence-electron chi connectivity index (χ4n) is 4.88. The predicted octanol–water partition coefficient (Wildman–Crippen LogP) is 4.13. The molecule has 0 saturated carbocycles. The van der Waals surface area contributed by atoms with E-state index in [0.717, 1.165) is 74.6 Å². The van der Waals surface area contributed by atoms with Gasteiger partial charge < -0.3 is 9.47 Å². The lowest BCUT2D eigenvalue weighted by Crippen LogP contribution is -2.44. The van der Waals surface area contributed by atoms with Crippen molar-refractivity contribution in [3.05, 3.63) is 58.9 Å². The molecule has 0 spiro atoms. The number of anilines is 1. The van der Waals surface area contributed by atoms with Crippen LogP contribution >= 0.6 is 0 Å². The van der Waals surface area contributed by atoms with Crippen molar-refractivity contribution in [1.82, 2.24) is 19.7 Å². The van der Waals surface area contributed by atoms with E-state index in [-0.39, 0.29) is 5.91 Å². The second kappa shape index (κ2) is 11.2. The first-order valence-corrected chi connectivity index (χ1v) is 12.7. The van der Waals surface area contributed by atoms with E-state index in [0.29, 0.717) is 6.67 Å². The first-order chi connectivity index (χ1) is 16.6. The van der Waals surface area contributed by atoms with Gasteiger partial charge in [-0.3, -0.25) is 19.9 Å². The molecule has 3 heterocycles. The number of carbonyl (C=O) groups is 1. The Kier molecular flexibility index (Phi) is 8.03. The Balaban J connectivity index is 1.73. The molecule has 1 aromatic heterocycles. The van der Waals surface area contributed by atoms with Crippen LogP contribution in [0.2, 0.25) is 0 Å². The molecule has 0 bridgehead atoms. The van der Waals surface area contributed by atoms with Crippen LogP contribution in [0.25, 0.3) is 17.7 Å². The molecule has 4 rings (SSSR count). The molecule has 182 valence electrons. The summed E-state index contributed by atoms with van der Waals surface area (Å²) >= 11 is 0. The van der Waals surface area contributed by atoms with Crippen LogP contribution in [0.15, 0.2) is 36.5 Å². The van der Waals surface area contributed by atoms with Gasteiger partial charge in [-0.15, -0.1) is 0 Å². The topological polar surface area (TPSA) is 43.8 Å². The maximum absolute atomic E-state index is 13.5. The van der Waals surface area contributed by atoms with Crippen LogP contribution in [-0.4, -0.2) is 66.7 Å². The number of hydrogen-bond acceptors (Lipinski definition) is 4. The third kappa shape index (κ3) is 5.04. The quantitative estimate of drug-likeness (QED) is 0.570. The lowest BCUT2D eigenvalue weighted by atomic mass is 10.0. The third-order valence-electron chi connectivity index (χ3n) is 6.86. The first kappa shape index (κ1) is 24.5. The zero-order valence-corrected chi connectivity index (χ0v) is 21.2. The van der Waals surface area contributed by atoms with E-state index in [1.165, 1.54) is 11.3 Å². The number of allylic oxidation sites excluding steroid dienone is 1. The summed E-state index contributed by atoms with van der Waals surface area (Å²) in [5, 5.41) is 3.31. The summed E-state index contributed by atoms with van der Waals surface area (Å²) in [6, 6.07) is 8.13. The molecule has 1 fully saturated rings. The molecule has 0 unspecified atom stereocenters. The molecular formula is C28H39N5O. The number of fused-ring (bicyclic) bond motifs is 1. The van der Waals surface area contributed by atoms with Crippen molar-refractivity contribution < 1.29 is 4.79 Å². The monoisotopic (exact) mass is 461 g/mol. The molecule has 0 radical (unpaired) electrons. The summed E-state index contributed by atoms with van der Waals surface area (Å²) in [7, 11) is 2.19. The van der Waals surface area contributed by atoms with Gasteiger partial charge in [0.15, 0.2) is 0 Å². The van der Waals surface area contributed by atoms with Gasteiger partial charge in [0.2, 0.25) is 0 Å². The molecule has 2 aliphatic heterocycles. The van der Waals surface area contributed by atoms with Gasteiger partial charge in [0.1, 0.15) is 0 Å². The predicted molar refractivity (Wildman–Crippen MR) is 143 cm³/mol. The minimum absolute atomic E-state index is 0.0710. The van der Waals surface area contributed by atoms with E-state index in [9.17, 15) is 4.79 Å². The average molecular weight is 462 g/mol. The number of para-hydroxylation sites is 1. The number of piperazine rings is 1. The Morgan fingerprint density at radius 3 is 2.53 bits per heavy atom. The van der Waals surface area contributed by atoms with E-state index in [1.54, 1.807) is 0 Å². The second-order valence-corrected chi connectivity index (χ2v) is 9.21. The zero-order valence-electron chi connectivity index (χ0n) is 21.2. The van der Waals surface area contributed by atoms with Gasteiger partial charge in [-0.25, -0.2) is 0 Å². The van der Waals surface area contributed by atoms with Crippen molar-refractivity contribution in [3.63, 3.8) is 0 Å². The first-order valence-electron chi connectivity index (χ1n) is 12.7. The Morgan fingerprint density at radius 1 is 1.06 bits per heavy atom. The Bertz CT molecular complexity index is 1060. The standard InChI is InChI=1S/C28H39N5O/c1-5-8-12-26-23(6-2)22(19-32(26)21-31-16-14-30(4)15-17-31)18-25-24-11-9-10-13-27(24)33(28(25)34)20-29-7-3/h8-13,18-19,29H,5-7,14-17,20-21H2,1-4H3/b12-8-,25-18-. The number of carbonyl (C=O) groups excluding carboxylic acids is 1. The van der Waals surface area contributed by atoms with Gasteiger partial charge in [-0.05, 0) is 55.8 Å². The number of nitrogens with zero attached hydrogens (tertiary/aromatic N) is 4. The van der Waals surface area contributed by atoms with Gasteiger partial charge in [0.05, 0.1) is 19.0 Å². The SMILES string of the molecule is CC/C=C\c1c(CC)c(/C=C2\C(=O)N(CNCC)c3ccccc32)cn1CN1CCN(C)CC1. The van der Waals surface area contributed by atoms with Crippen molar-refractivity contribution in [1.29, 1.82) is 0 Å². The zero-order chi connectivity index (χ0) is 24.1. The van der Waals surface area contributed by atoms with Gasteiger partial charge >= 0.3 is 0 Å². The molecule has 2 aliphatic rings. The van der Waals surface area contributed by atoms with Crippen LogP contribution in [0, 0.1) is 0 Å². The van der Waals surface area contributed by atoms with Crippen molar-refractivity contribution in [2.75, 3.05) is 51.3 Å². The van der Waals surface area contributed by atoms with Crippen molar-refractivity contribution >= 4 is 29.3 Å². The van der Waals surface area contributed by atoms with Crippen molar-refractivity contribution in [2.45, 2.75) is 40.3 Å². The largest absolute Gasteiger partial charge is 0.334 e. The maximum atomic E-state index is 13.5.